The van der Waals surface area contributed by atoms with Gasteiger partial charge in [-0.3, -0.25) is 9.59 Å². The number of aromatic nitrogens is 3. The van der Waals surface area contributed by atoms with E-state index in [0.29, 0.717) is 16.3 Å². The fourth-order valence-electron chi connectivity index (χ4n) is 2.73. The van der Waals surface area contributed by atoms with Gasteiger partial charge in [0.25, 0.3) is 11.8 Å². The van der Waals surface area contributed by atoms with Gasteiger partial charge in [0.2, 0.25) is 0 Å². The number of anilines is 1. The third-order valence-corrected chi connectivity index (χ3v) is 4.51. The Labute approximate surface area is 175 Å². The van der Waals surface area contributed by atoms with E-state index in [4.69, 9.17) is 34.2 Å². The summed E-state index contributed by atoms with van der Waals surface area (Å²) in [6, 6.07) is 9.65. The van der Waals surface area contributed by atoms with E-state index in [9.17, 15) is 9.59 Å². The van der Waals surface area contributed by atoms with Crippen molar-refractivity contribution in [2.45, 2.75) is 13.3 Å². The van der Waals surface area contributed by atoms with Crippen molar-refractivity contribution in [3.05, 3.63) is 69.1 Å². The molecule has 1 aromatic carbocycles. The molecule has 0 spiro atoms. The molecule has 3 N–H and O–H groups in total. The molecule has 0 aliphatic carbocycles. The number of pyridine rings is 1. The van der Waals surface area contributed by atoms with Crippen LogP contribution in [0, 0.1) is 18.3 Å². The van der Waals surface area contributed by atoms with E-state index in [1.165, 1.54) is 23.0 Å². The number of halogens is 2. The van der Waals surface area contributed by atoms with Gasteiger partial charge in [-0.2, -0.15) is 10.4 Å². The highest BCUT2D eigenvalue weighted by Crippen LogP contribution is 2.27. The Morgan fingerprint density at radius 1 is 1.31 bits per heavy atom. The summed E-state index contributed by atoms with van der Waals surface area (Å²) in [5, 5.41) is 16.5. The predicted octanol–water partition coefficient (Wildman–Crippen LogP) is 3.30. The molecule has 29 heavy (non-hydrogen) atoms. The molecule has 0 atom stereocenters. The first-order valence-electron chi connectivity index (χ1n) is 8.30. The van der Waals surface area contributed by atoms with Crippen LogP contribution in [0.15, 0.2) is 36.5 Å². The van der Waals surface area contributed by atoms with Gasteiger partial charge < -0.3 is 11.1 Å². The highest BCUT2D eigenvalue weighted by atomic mass is 35.5. The molecule has 0 saturated heterocycles. The quantitative estimate of drug-likeness (QED) is 0.644. The zero-order chi connectivity index (χ0) is 21.1. The second kappa shape index (κ2) is 8.31. The van der Waals surface area contributed by atoms with Gasteiger partial charge in [0, 0.05) is 11.2 Å². The average Bonchev–Trinajstić information content (AvgIpc) is 3.08. The normalized spacial score (nSPS) is 10.4. The lowest BCUT2D eigenvalue weighted by Gasteiger charge is -2.13. The third kappa shape index (κ3) is 4.21. The number of hydrogen-bond donors (Lipinski definition) is 2. The Balaban J connectivity index is 2.08. The number of nitrogens with one attached hydrogen (secondary N) is 1. The van der Waals surface area contributed by atoms with Gasteiger partial charge in [-0.15, -0.1) is 0 Å². The van der Waals surface area contributed by atoms with E-state index in [1.807, 2.05) is 6.07 Å². The van der Waals surface area contributed by atoms with E-state index in [2.05, 4.69) is 15.4 Å². The zero-order valence-electron chi connectivity index (χ0n) is 15.1. The Bertz CT molecular complexity index is 1170. The molecular weight excluding hydrogens is 415 g/mol. The lowest BCUT2D eigenvalue weighted by Crippen LogP contribution is -2.21. The fourth-order valence-corrected chi connectivity index (χ4v) is 3.21. The minimum absolute atomic E-state index is 0.00968. The maximum Gasteiger partial charge on any atom is 0.274 e. The van der Waals surface area contributed by atoms with Crippen molar-refractivity contribution in [3.8, 4) is 11.9 Å². The van der Waals surface area contributed by atoms with Crippen LogP contribution in [0.25, 0.3) is 5.82 Å². The summed E-state index contributed by atoms with van der Waals surface area (Å²) in [7, 11) is 0. The first kappa shape index (κ1) is 20.3. The van der Waals surface area contributed by atoms with Crippen LogP contribution >= 0.6 is 23.2 Å². The smallest absolute Gasteiger partial charge is 0.274 e. The number of aryl methyl sites for hydroxylation is 1. The number of amides is 2. The van der Waals surface area contributed by atoms with Crippen LogP contribution in [0.3, 0.4) is 0 Å². The Morgan fingerprint density at radius 3 is 2.72 bits per heavy atom. The van der Waals surface area contributed by atoms with E-state index >= 15 is 0 Å². The van der Waals surface area contributed by atoms with Gasteiger partial charge in [0.1, 0.15) is 5.69 Å². The topological polar surface area (TPSA) is 127 Å². The first-order valence-corrected chi connectivity index (χ1v) is 9.05. The molecule has 0 aliphatic rings. The number of carbonyl (C=O) groups excluding carboxylic acids is 2. The Morgan fingerprint density at radius 2 is 2.07 bits per heavy atom. The molecule has 0 aliphatic heterocycles. The number of nitrogens with two attached hydrogens (primary N) is 1. The summed E-state index contributed by atoms with van der Waals surface area (Å²) in [6.45, 7) is 1.68. The van der Waals surface area contributed by atoms with Gasteiger partial charge in [0.05, 0.1) is 34.5 Å². The minimum atomic E-state index is -0.739. The predicted molar refractivity (Wildman–Crippen MR) is 108 cm³/mol. The van der Waals surface area contributed by atoms with Crippen LogP contribution in [0.4, 0.5) is 5.69 Å². The van der Waals surface area contributed by atoms with Crippen molar-refractivity contribution in [1.29, 1.82) is 5.26 Å². The standard InChI is InChI=1S/C19H14Cl2N6O2/c1-10-7-11(20)8-13(17(23)28)16(10)25-19(29)15-9-12(4-5-22)26-27(15)18-14(21)3-2-6-24-18/h2-3,6-9H,4H2,1H3,(H2,23,28)(H,25,29). The summed E-state index contributed by atoms with van der Waals surface area (Å²) in [6.07, 6.45) is 1.49. The van der Waals surface area contributed by atoms with Gasteiger partial charge in [-0.05, 0) is 42.8 Å². The molecule has 3 rings (SSSR count). The largest absolute Gasteiger partial charge is 0.366 e. The molecule has 0 unspecified atom stereocenters. The molecule has 2 amide bonds. The van der Waals surface area contributed by atoms with E-state index in [1.54, 1.807) is 25.1 Å². The maximum atomic E-state index is 13.0. The molecule has 2 aromatic heterocycles. The number of nitrogens with zero attached hydrogens (tertiary/aromatic N) is 4. The Kier molecular flexibility index (Phi) is 5.82. The second-order valence-corrected chi connectivity index (χ2v) is 6.88. The molecule has 0 fully saturated rings. The SMILES string of the molecule is Cc1cc(Cl)cc(C(N)=O)c1NC(=O)c1cc(CC#N)nn1-c1ncccc1Cl. The number of nitriles is 1. The van der Waals surface area contributed by atoms with Crippen molar-refractivity contribution in [2.75, 3.05) is 5.32 Å². The van der Waals surface area contributed by atoms with E-state index in [0.717, 1.165) is 0 Å². The van der Waals surface area contributed by atoms with Crippen LogP contribution in [0.5, 0.6) is 0 Å². The van der Waals surface area contributed by atoms with Crippen LogP contribution in [-0.4, -0.2) is 26.6 Å². The Hall–Kier alpha value is -3.41. The third-order valence-electron chi connectivity index (χ3n) is 4.00. The molecule has 2 heterocycles. The summed E-state index contributed by atoms with van der Waals surface area (Å²) < 4.78 is 1.25. The lowest BCUT2D eigenvalue weighted by molar-refractivity contribution is 0.100. The van der Waals surface area contributed by atoms with Crippen LogP contribution in [-0.2, 0) is 6.42 Å². The number of carbonyl (C=O) groups is 2. The average molecular weight is 429 g/mol. The van der Waals surface area contributed by atoms with Crippen molar-refractivity contribution < 1.29 is 9.59 Å². The summed E-state index contributed by atoms with van der Waals surface area (Å²) in [4.78, 5) is 29.0. The highest BCUT2D eigenvalue weighted by Gasteiger charge is 2.22. The molecule has 146 valence electrons. The first-order chi connectivity index (χ1) is 13.8. The molecule has 0 radical (unpaired) electrons. The van der Waals surface area contributed by atoms with Gasteiger partial charge in [0.15, 0.2) is 5.82 Å². The number of benzene rings is 1. The maximum absolute atomic E-state index is 13.0. The van der Waals surface area contributed by atoms with Gasteiger partial charge in [-0.25, -0.2) is 9.67 Å². The van der Waals surface area contributed by atoms with Crippen LogP contribution < -0.4 is 11.1 Å². The van der Waals surface area contributed by atoms with Crippen molar-refractivity contribution in [1.82, 2.24) is 14.8 Å². The molecule has 8 nitrogen and oxygen atoms in total. The number of rotatable bonds is 5. The zero-order valence-corrected chi connectivity index (χ0v) is 16.6. The fraction of sp³-hybridized carbons (Fsp3) is 0.105. The molecule has 0 saturated carbocycles. The highest BCUT2D eigenvalue weighted by molar-refractivity contribution is 6.32. The summed E-state index contributed by atoms with van der Waals surface area (Å²) in [5.41, 5.74) is 6.72. The monoisotopic (exact) mass is 428 g/mol. The van der Waals surface area contributed by atoms with Crippen molar-refractivity contribution in [2.24, 2.45) is 5.73 Å². The summed E-state index contributed by atoms with van der Waals surface area (Å²) in [5.74, 6) is -1.10. The number of primary amides is 1. The van der Waals surface area contributed by atoms with Crippen LogP contribution in [0.2, 0.25) is 10.0 Å². The summed E-state index contributed by atoms with van der Waals surface area (Å²) >= 11 is 12.2. The van der Waals surface area contributed by atoms with Gasteiger partial charge in [-0.1, -0.05) is 23.2 Å². The van der Waals surface area contributed by atoms with Crippen LogP contribution in [0.1, 0.15) is 32.1 Å². The lowest BCUT2D eigenvalue weighted by atomic mass is 10.1. The molecule has 3 aromatic rings. The van der Waals surface area contributed by atoms with E-state index < -0.39 is 11.8 Å². The minimum Gasteiger partial charge on any atom is -0.366 e. The number of hydrogen-bond acceptors (Lipinski definition) is 5. The molecule has 0 bridgehead atoms. The molecular formula is C19H14Cl2N6O2. The van der Waals surface area contributed by atoms with Gasteiger partial charge >= 0.3 is 0 Å². The van der Waals surface area contributed by atoms with Crippen molar-refractivity contribution in [3.63, 3.8) is 0 Å². The van der Waals surface area contributed by atoms with Crippen molar-refractivity contribution >= 4 is 40.7 Å². The van der Waals surface area contributed by atoms with E-state index in [-0.39, 0.29) is 34.2 Å². The molecule has 10 heteroatoms. The second-order valence-electron chi connectivity index (χ2n) is 6.04.